The van der Waals surface area contributed by atoms with Gasteiger partial charge >= 0.3 is 0 Å². The van der Waals surface area contributed by atoms with Crippen LogP contribution in [0.3, 0.4) is 0 Å². The largest absolute Gasteiger partial charge is 0.325 e. The minimum absolute atomic E-state index is 0.398. The minimum atomic E-state index is 0.398. The third-order valence-electron chi connectivity index (χ3n) is 3.04. The molecule has 0 saturated carbocycles. The molecule has 0 spiro atoms. The molecule has 2 aromatic carbocycles. The van der Waals surface area contributed by atoms with E-state index in [9.17, 15) is 0 Å². The zero-order valence-corrected chi connectivity index (χ0v) is 13.3. The van der Waals surface area contributed by atoms with Crippen LogP contribution >= 0.6 is 34.5 Å². The molecule has 0 unspecified atom stereocenters. The summed E-state index contributed by atoms with van der Waals surface area (Å²) in [6.07, 6.45) is 0. The van der Waals surface area contributed by atoms with Crippen LogP contribution in [0.25, 0.3) is 21.0 Å². The molecule has 0 fully saturated rings. The van der Waals surface area contributed by atoms with Gasteiger partial charge in [0.25, 0.3) is 0 Å². The average molecular weight is 335 g/mol. The van der Waals surface area contributed by atoms with Crippen molar-refractivity contribution in [1.82, 2.24) is 4.98 Å². The first-order chi connectivity index (χ1) is 10.2. The first kappa shape index (κ1) is 14.5. The highest BCUT2D eigenvalue weighted by molar-refractivity contribution is 7.18. The van der Waals surface area contributed by atoms with E-state index < -0.39 is 0 Å². The van der Waals surface area contributed by atoms with Gasteiger partial charge in [0, 0.05) is 22.2 Å². The van der Waals surface area contributed by atoms with E-state index in [1.54, 1.807) is 17.4 Å². The van der Waals surface area contributed by atoms with Crippen LogP contribution in [0.2, 0.25) is 10.0 Å². The van der Waals surface area contributed by atoms with Crippen molar-refractivity contribution in [3.8, 4) is 21.0 Å². The summed E-state index contributed by atoms with van der Waals surface area (Å²) in [5.74, 6) is 0. The second-order valence-corrected chi connectivity index (χ2v) is 6.40. The molecule has 0 aliphatic heterocycles. The van der Waals surface area contributed by atoms with Crippen LogP contribution in [0.15, 0.2) is 48.5 Å². The van der Waals surface area contributed by atoms with Gasteiger partial charge in [0.05, 0.1) is 10.6 Å². The molecular weight excluding hydrogens is 323 g/mol. The summed E-state index contributed by atoms with van der Waals surface area (Å²) in [4.78, 5) is 5.72. The van der Waals surface area contributed by atoms with Crippen molar-refractivity contribution in [2.24, 2.45) is 5.73 Å². The van der Waals surface area contributed by atoms with Crippen LogP contribution in [0.5, 0.6) is 0 Å². The predicted molar refractivity (Wildman–Crippen MR) is 90.9 cm³/mol. The molecule has 2 N–H and O–H groups in total. The Balaban J connectivity index is 2.11. The molecule has 0 amide bonds. The summed E-state index contributed by atoms with van der Waals surface area (Å²) in [6.45, 7) is 0.398. The number of nitrogens with two attached hydrogens (primary N) is 1. The number of hydrogen-bond acceptors (Lipinski definition) is 3. The van der Waals surface area contributed by atoms with Crippen molar-refractivity contribution in [3.05, 3.63) is 64.3 Å². The first-order valence-electron chi connectivity index (χ1n) is 6.39. The number of hydrogen-bond donors (Lipinski definition) is 1. The van der Waals surface area contributed by atoms with Crippen LogP contribution < -0.4 is 5.73 Å². The quantitative estimate of drug-likeness (QED) is 0.711. The number of halogens is 2. The van der Waals surface area contributed by atoms with E-state index in [0.717, 1.165) is 26.7 Å². The molecule has 3 aromatic rings. The number of aromatic nitrogens is 1. The van der Waals surface area contributed by atoms with Gasteiger partial charge in [-0.2, -0.15) is 0 Å². The van der Waals surface area contributed by atoms with Gasteiger partial charge in [-0.1, -0.05) is 53.5 Å². The number of thiazole rings is 1. The molecule has 3 rings (SSSR count). The maximum Gasteiger partial charge on any atom is 0.124 e. The van der Waals surface area contributed by atoms with Crippen LogP contribution in [0.1, 0.15) is 5.69 Å². The summed E-state index contributed by atoms with van der Waals surface area (Å²) >= 11 is 13.7. The molecule has 0 aliphatic carbocycles. The Hall–Kier alpha value is -1.39. The van der Waals surface area contributed by atoms with E-state index in [2.05, 4.69) is 17.1 Å². The fraction of sp³-hybridized carbons (Fsp3) is 0.0625. The Labute approximate surface area is 137 Å². The zero-order valence-electron chi connectivity index (χ0n) is 11.0. The second kappa shape index (κ2) is 6.16. The van der Waals surface area contributed by atoms with Crippen molar-refractivity contribution in [1.29, 1.82) is 0 Å². The van der Waals surface area contributed by atoms with Crippen LogP contribution in [0, 0.1) is 0 Å². The van der Waals surface area contributed by atoms with Gasteiger partial charge in [-0.3, -0.25) is 0 Å². The lowest BCUT2D eigenvalue weighted by molar-refractivity contribution is 1.02. The van der Waals surface area contributed by atoms with Gasteiger partial charge in [-0.15, -0.1) is 11.3 Å². The van der Waals surface area contributed by atoms with E-state index >= 15 is 0 Å². The summed E-state index contributed by atoms with van der Waals surface area (Å²) in [6, 6.07) is 15.6. The predicted octanol–water partition coefficient (Wildman–Crippen LogP) is 5.24. The topological polar surface area (TPSA) is 38.9 Å². The number of nitrogens with zero attached hydrogens (tertiary/aromatic N) is 1. The molecular formula is C16H12Cl2N2S. The second-order valence-electron chi connectivity index (χ2n) is 4.52. The highest BCUT2D eigenvalue weighted by Crippen LogP contribution is 2.37. The van der Waals surface area contributed by atoms with Gasteiger partial charge in [-0.25, -0.2) is 4.98 Å². The van der Waals surface area contributed by atoms with Crippen molar-refractivity contribution in [3.63, 3.8) is 0 Å². The Morgan fingerprint density at radius 2 is 1.62 bits per heavy atom. The molecule has 0 radical (unpaired) electrons. The van der Waals surface area contributed by atoms with Crippen LogP contribution in [-0.2, 0) is 6.54 Å². The van der Waals surface area contributed by atoms with Crippen molar-refractivity contribution < 1.29 is 0 Å². The lowest BCUT2D eigenvalue weighted by atomic mass is 10.1. The van der Waals surface area contributed by atoms with Crippen molar-refractivity contribution >= 4 is 34.5 Å². The third-order valence-corrected chi connectivity index (χ3v) is 4.67. The monoisotopic (exact) mass is 334 g/mol. The normalized spacial score (nSPS) is 10.8. The van der Waals surface area contributed by atoms with Crippen molar-refractivity contribution in [2.75, 3.05) is 0 Å². The first-order valence-corrected chi connectivity index (χ1v) is 7.96. The smallest absolute Gasteiger partial charge is 0.124 e. The van der Waals surface area contributed by atoms with Gasteiger partial charge in [0.1, 0.15) is 5.01 Å². The van der Waals surface area contributed by atoms with Gasteiger partial charge in [-0.05, 0) is 23.8 Å². The van der Waals surface area contributed by atoms with Crippen LogP contribution in [-0.4, -0.2) is 4.98 Å². The Bertz CT molecular complexity index is 749. The van der Waals surface area contributed by atoms with E-state index in [1.807, 2.05) is 30.3 Å². The molecule has 0 saturated heterocycles. The fourth-order valence-electron chi connectivity index (χ4n) is 2.11. The number of rotatable bonds is 3. The molecule has 0 bridgehead atoms. The summed E-state index contributed by atoms with van der Waals surface area (Å²) in [5, 5.41) is 2.07. The van der Waals surface area contributed by atoms with E-state index in [0.29, 0.717) is 16.6 Å². The minimum Gasteiger partial charge on any atom is -0.325 e. The molecule has 0 atom stereocenters. The molecule has 5 heteroatoms. The summed E-state index contributed by atoms with van der Waals surface area (Å²) < 4.78 is 0. The molecule has 2 nitrogen and oxygen atoms in total. The third kappa shape index (κ3) is 3.11. The number of benzene rings is 2. The Kier molecular flexibility index (Phi) is 4.27. The highest BCUT2D eigenvalue weighted by Gasteiger charge is 2.13. The maximum atomic E-state index is 6.07. The molecule has 1 aromatic heterocycles. The van der Waals surface area contributed by atoms with E-state index in [1.165, 1.54) is 0 Å². The fourth-order valence-corrected chi connectivity index (χ4v) is 3.72. The molecule has 106 valence electrons. The zero-order chi connectivity index (χ0) is 14.8. The van der Waals surface area contributed by atoms with Crippen LogP contribution in [0.4, 0.5) is 0 Å². The Morgan fingerprint density at radius 3 is 2.24 bits per heavy atom. The molecule has 0 aliphatic rings. The lowest BCUT2D eigenvalue weighted by Crippen LogP contribution is -1.98. The van der Waals surface area contributed by atoms with E-state index in [-0.39, 0.29) is 0 Å². The maximum absolute atomic E-state index is 6.07. The summed E-state index contributed by atoms with van der Waals surface area (Å²) in [7, 11) is 0. The average Bonchev–Trinajstić information content (AvgIpc) is 2.91. The van der Waals surface area contributed by atoms with Gasteiger partial charge < -0.3 is 5.73 Å². The van der Waals surface area contributed by atoms with E-state index in [4.69, 9.17) is 28.9 Å². The summed E-state index contributed by atoms with van der Waals surface area (Å²) in [5.41, 5.74) is 8.75. The van der Waals surface area contributed by atoms with Crippen molar-refractivity contribution in [2.45, 2.75) is 6.54 Å². The lowest BCUT2D eigenvalue weighted by Gasteiger charge is -1.99. The highest BCUT2D eigenvalue weighted by atomic mass is 35.5. The van der Waals surface area contributed by atoms with Gasteiger partial charge in [0.15, 0.2) is 0 Å². The SMILES string of the molecule is NCc1nc(-c2cc(Cl)cc(Cl)c2)sc1-c1ccccc1. The Morgan fingerprint density at radius 1 is 0.952 bits per heavy atom. The molecule has 21 heavy (non-hydrogen) atoms. The van der Waals surface area contributed by atoms with Gasteiger partial charge in [0.2, 0.25) is 0 Å². The molecule has 1 heterocycles. The standard InChI is InChI=1S/C16H12Cl2N2S/c17-12-6-11(7-13(18)8-12)16-20-14(9-19)15(21-16)10-4-2-1-3-5-10/h1-8H,9,19H2.